The zero-order chi connectivity index (χ0) is 15.9. The molecule has 0 saturated heterocycles. The third-order valence-corrected chi connectivity index (χ3v) is 3.47. The minimum absolute atomic E-state index is 0.196. The first kappa shape index (κ1) is 16.0. The predicted octanol–water partition coefficient (Wildman–Crippen LogP) is 2.45. The normalized spacial score (nSPS) is 10.0. The number of halogens is 1. The van der Waals surface area contributed by atoms with Gasteiger partial charge in [0.1, 0.15) is 5.75 Å². The molecule has 0 heterocycles. The highest BCUT2D eigenvalue weighted by atomic mass is 79.9. The minimum Gasteiger partial charge on any atom is -0.508 e. The molecule has 2 amide bonds. The Hall–Kier alpha value is -2.34. The largest absolute Gasteiger partial charge is 0.508 e. The molecule has 0 aromatic heterocycles. The van der Waals surface area contributed by atoms with E-state index in [1.54, 1.807) is 48.5 Å². The third kappa shape index (κ3) is 4.89. The van der Waals surface area contributed by atoms with Gasteiger partial charge in [0.25, 0.3) is 0 Å². The molecule has 0 aliphatic rings. The number of hydrogen-bond acceptors (Lipinski definition) is 3. The fourth-order valence-corrected chi connectivity index (χ4v) is 2.05. The van der Waals surface area contributed by atoms with Crippen molar-refractivity contribution in [3.8, 4) is 5.75 Å². The van der Waals surface area contributed by atoms with Gasteiger partial charge < -0.3 is 15.7 Å². The number of benzene rings is 2. The van der Waals surface area contributed by atoms with Crippen LogP contribution in [0, 0.1) is 0 Å². The van der Waals surface area contributed by atoms with Crippen LogP contribution in [0.5, 0.6) is 5.75 Å². The van der Waals surface area contributed by atoms with Crippen LogP contribution in [0.2, 0.25) is 0 Å². The number of aromatic hydroxyl groups is 1. The maximum Gasteiger partial charge on any atom is 0.313 e. The molecule has 2 aromatic rings. The third-order valence-electron chi connectivity index (χ3n) is 2.94. The number of rotatable bonds is 4. The van der Waals surface area contributed by atoms with Gasteiger partial charge in [-0.25, -0.2) is 0 Å². The van der Waals surface area contributed by atoms with Crippen molar-refractivity contribution < 1.29 is 14.7 Å². The Labute approximate surface area is 136 Å². The van der Waals surface area contributed by atoms with E-state index < -0.39 is 11.8 Å². The lowest BCUT2D eigenvalue weighted by Crippen LogP contribution is -2.36. The number of carbonyl (C=O) groups excluding carboxylic acids is 2. The molecule has 0 spiro atoms. The van der Waals surface area contributed by atoms with Crippen molar-refractivity contribution in [2.45, 2.75) is 6.42 Å². The lowest BCUT2D eigenvalue weighted by Gasteiger charge is -2.07. The smallest absolute Gasteiger partial charge is 0.313 e. The summed E-state index contributed by atoms with van der Waals surface area (Å²) in [5.41, 5.74) is 1.52. The van der Waals surface area contributed by atoms with E-state index in [0.29, 0.717) is 18.7 Å². The Morgan fingerprint density at radius 3 is 2.23 bits per heavy atom. The first-order valence-electron chi connectivity index (χ1n) is 6.67. The van der Waals surface area contributed by atoms with Crippen molar-refractivity contribution in [1.29, 1.82) is 0 Å². The van der Waals surface area contributed by atoms with Crippen LogP contribution in [0.15, 0.2) is 53.0 Å². The van der Waals surface area contributed by atoms with Crippen molar-refractivity contribution in [3.05, 3.63) is 58.6 Å². The first-order chi connectivity index (χ1) is 10.5. The highest BCUT2D eigenvalue weighted by Crippen LogP contribution is 2.14. The molecule has 0 saturated carbocycles. The number of anilines is 1. The van der Waals surface area contributed by atoms with Crippen LogP contribution >= 0.6 is 15.9 Å². The zero-order valence-corrected chi connectivity index (χ0v) is 13.3. The van der Waals surface area contributed by atoms with E-state index in [0.717, 1.165) is 10.0 Å². The molecule has 0 fully saturated rings. The van der Waals surface area contributed by atoms with Crippen molar-refractivity contribution in [3.63, 3.8) is 0 Å². The second-order valence-corrected chi connectivity index (χ2v) is 5.55. The molecule has 114 valence electrons. The number of amides is 2. The van der Waals surface area contributed by atoms with E-state index in [1.807, 2.05) is 0 Å². The van der Waals surface area contributed by atoms with Gasteiger partial charge in [-0.05, 0) is 48.4 Å². The maximum absolute atomic E-state index is 11.7. The lowest BCUT2D eigenvalue weighted by atomic mass is 10.1. The average molecular weight is 363 g/mol. The Morgan fingerprint density at radius 1 is 0.955 bits per heavy atom. The molecule has 0 aliphatic heterocycles. The number of carbonyl (C=O) groups is 2. The van der Waals surface area contributed by atoms with E-state index in [4.69, 9.17) is 0 Å². The monoisotopic (exact) mass is 362 g/mol. The van der Waals surface area contributed by atoms with Gasteiger partial charge in [0.15, 0.2) is 0 Å². The molecule has 0 atom stereocenters. The Bertz CT molecular complexity index is 654. The summed E-state index contributed by atoms with van der Waals surface area (Å²) >= 11 is 3.29. The lowest BCUT2D eigenvalue weighted by molar-refractivity contribution is -0.136. The van der Waals surface area contributed by atoms with Crippen LogP contribution in [-0.2, 0) is 16.0 Å². The summed E-state index contributed by atoms with van der Waals surface area (Å²) in [5.74, 6) is -1.18. The molecule has 3 N–H and O–H groups in total. The second kappa shape index (κ2) is 7.61. The van der Waals surface area contributed by atoms with Gasteiger partial charge in [0, 0.05) is 16.7 Å². The molecule has 0 unspecified atom stereocenters. The molecule has 6 heteroatoms. The van der Waals surface area contributed by atoms with Crippen LogP contribution in [0.4, 0.5) is 5.69 Å². The number of hydrogen-bond donors (Lipinski definition) is 3. The van der Waals surface area contributed by atoms with Gasteiger partial charge in [-0.3, -0.25) is 9.59 Å². The van der Waals surface area contributed by atoms with Crippen LogP contribution < -0.4 is 10.6 Å². The molecule has 2 aromatic carbocycles. The van der Waals surface area contributed by atoms with E-state index in [1.165, 1.54) is 0 Å². The molecule has 22 heavy (non-hydrogen) atoms. The van der Waals surface area contributed by atoms with Crippen LogP contribution in [0.25, 0.3) is 0 Å². The van der Waals surface area contributed by atoms with Crippen molar-refractivity contribution in [2.24, 2.45) is 0 Å². The Balaban J connectivity index is 1.77. The summed E-state index contributed by atoms with van der Waals surface area (Å²) in [6.07, 6.45) is 0.581. The zero-order valence-electron chi connectivity index (χ0n) is 11.7. The minimum atomic E-state index is -0.701. The first-order valence-corrected chi connectivity index (χ1v) is 7.46. The van der Waals surface area contributed by atoms with E-state index in [-0.39, 0.29) is 5.75 Å². The summed E-state index contributed by atoms with van der Waals surface area (Å²) in [7, 11) is 0. The summed E-state index contributed by atoms with van der Waals surface area (Å²) in [6, 6.07) is 13.6. The fourth-order valence-electron chi connectivity index (χ4n) is 1.78. The highest BCUT2D eigenvalue weighted by Gasteiger charge is 2.12. The fraction of sp³-hybridized carbons (Fsp3) is 0.125. The van der Waals surface area contributed by atoms with Gasteiger partial charge in [-0.15, -0.1) is 0 Å². The van der Waals surface area contributed by atoms with Gasteiger partial charge in [0.05, 0.1) is 0 Å². The summed E-state index contributed by atoms with van der Waals surface area (Å²) in [5, 5.41) is 14.2. The van der Waals surface area contributed by atoms with E-state index in [9.17, 15) is 14.7 Å². The summed E-state index contributed by atoms with van der Waals surface area (Å²) in [6.45, 7) is 0.345. The average Bonchev–Trinajstić information content (AvgIpc) is 2.51. The quantitative estimate of drug-likeness (QED) is 0.731. The van der Waals surface area contributed by atoms with Crippen LogP contribution in [-0.4, -0.2) is 23.5 Å². The molecule has 2 rings (SSSR count). The standard InChI is InChI=1S/C16H15BrN2O3/c17-12-3-5-13(6-4-12)19-16(22)15(21)18-10-9-11-1-7-14(20)8-2-11/h1-8,20H,9-10H2,(H,18,21)(H,19,22). The van der Waals surface area contributed by atoms with Crippen LogP contribution in [0.3, 0.4) is 0 Å². The number of phenols is 1. The molecule has 0 radical (unpaired) electrons. The maximum atomic E-state index is 11.7. The molecule has 5 nitrogen and oxygen atoms in total. The Morgan fingerprint density at radius 2 is 1.59 bits per heavy atom. The van der Waals surface area contributed by atoms with Gasteiger partial charge in [-0.1, -0.05) is 28.1 Å². The Kier molecular flexibility index (Phi) is 5.55. The second-order valence-electron chi connectivity index (χ2n) is 4.63. The van der Waals surface area contributed by atoms with Gasteiger partial charge in [-0.2, -0.15) is 0 Å². The van der Waals surface area contributed by atoms with Crippen molar-refractivity contribution in [1.82, 2.24) is 5.32 Å². The summed E-state index contributed by atoms with van der Waals surface area (Å²) < 4.78 is 0.892. The topological polar surface area (TPSA) is 78.4 Å². The number of phenolic OH excluding ortho intramolecular Hbond substituents is 1. The van der Waals surface area contributed by atoms with E-state index >= 15 is 0 Å². The molecule has 0 bridgehead atoms. The van der Waals surface area contributed by atoms with Gasteiger partial charge in [0.2, 0.25) is 0 Å². The number of nitrogens with one attached hydrogen (secondary N) is 2. The summed E-state index contributed by atoms with van der Waals surface area (Å²) in [4.78, 5) is 23.4. The molecular formula is C16H15BrN2O3. The van der Waals surface area contributed by atoms with Gasteiger partial charge >= 0.3 is 11.8 Å². The van der Waals surface area contributed by atoms with Crippen molar-refractivity contribution in [2.75, 3.05) is 11.9 Å². The highest BCUT2D eigenvalue weighted by molar-refractivity contribution is 9.10. The predicted molar refractivity (Wildman–Crippen MR) is 87.6 cm³/mol. The molecule has 0 aliphatic carbocycles. The van der Waals surface area contributed by atoms with Crippen molar-refractivity contribution >= 4 is 33.4 Å². The van der Waals surface area contributed by atoms with E-state index in [2.05, 4.69) is 26.6 Å². The molecular weight excluding hydrogens is 348 g/mol. The SMILES string of the molecule is O=C(NCCc1ccc(O)cc1)C(=O)Nc1ccc(Br)cc1. The van der Waals surface area contributed by atoms with Crippen LogP contribution in [0.1, 0.15) is 5.56 Å².